The molecule has 0 saturated heterocycles. The number of carbonyl (C=O) groups excluding carboxylic acids is 1. The summed E-state index contributed by atoms with van der Waals surface area (Å²) in [5.41, 5.74) is -0.385. The molecule has 0 atom stereocenters. The molecular formula is C8H11NO3. The third-order valence-corrected chi connectivity index (χ3v) is 0.771. The summed E-state index contributed by atoms with van der Waals surface area (Å²) in [6.45, 7) is 5.36. The van der Waals surface area contributed by atoms with Crippen LogP contribution in [0.25, 0.3) is 0 Å². The smallest absolute Gasteiger partial charge is 0.382 e. The molecular weight excluding hydrogens is 158 g/mol. The van der Waals surface area contributed by atoms with Gasteiger partial charge in [0, 0.05) is 17.4 Å². The van der Waals surface area contributed by atoms with Crippen molar-refractivity contribution in [1.82, 2.24) is 5.32 Å². The fourth-order valence-corrected chi connectivity index (χ4v) is 0.482. The van der Waals surface area contributed by atoms with E-state index in [1.807, 2.05) is 5.92 Å². The standard InChI is InChI=1S/C8H11NO3/c1-8(2,3)9-6(10)4-5-7(11)12/h1-3H3,(H,9,10)(H,11,12). The van der Waals surface area contributed by atoms with Crippen molar-refractivity contribution in [2.45, 2.75) is 26.3 Å². The molecule has 0 fully saturated rings. The minimum atomic E-state index is -1.31. The van der Waals surface area contributed by atoms with E-state index in [0.29, 0.717) is 0 Å². The zero-order valence-electron chi connectivity index (χ0n) is 7.26. The van der Waals surface area contributed by atoms with Crippen molar-refractivity contribution in [3.8, 4) is 11.8 Å². The minimum absolute atomic E-state index is 0.385. The third kappa shape index (κ3) is 6.62. The second kappa shape index (κ2) is 3.77. The summed E-state index contributed by atoms with van der Waals surface area (Å²) in [6, 6.07) is 0. The van der Waals surface area contributed by atoms with Crippen LogP contribution in [0.15, 0.2) is 0 Å². The number of hydrogen-bond donors (Lipinski definition) is 2. The van der Waals surface area contributed by atoms with Gasteiger partial charge in [0.2, 0.25) is 0 Å². The number of hydrogen-bond acceptors (Lipinski definition) is 2. The Hall–Kier alpha value is -1.50. The summed E-state index contributed by atoms with van der Waals surface area (Å²) >= 11 is 0. The van der Waals surface area contributed by atoms with E-state index in [4.69, 9.17) is 5.11 Å². The monoisotopic (exact) mass is 169 g/mol. The first-order chi connectivity index (χ1) is 5.31. The number of carboxylic acid groups (broad SMARTS) is 1. The number of rotatable bonds is 0. The minimum Gasteiger partial charge on any atom is -0.472 e. The van der Waals surface area contributed by atoms with E-state index in [0.717, 1.165) is 0 Å². The molecule has 4 heteroatoms. The van der Waals surface area contributed by atoms with Crippen molar-refractivity contribution >= 4 is 11.9 Å². The summed E-state index contributed by atoms with van der Waals surface area (Å²) < 4.78 is 0. The van der Waals surface area contributed by atoms with Crippen LogP contribution < -0.4 is 5.32 Å². The lowest BCUT2D eigenvalue weighted by Crippen LogP contribution is -2.39. The highest BCUT2D eigenvalue weighted by Gasteiger charge is 2.11. The molecule has 4 nitrogen and oxygen atoms in total. The SMILES string of the molecule is CC(C)(C)NC(=O)C#CC(=O)O. The highest BCUT2D eigenvalue weighted by Crippen LogP contribution is 1.96. The van der Waals surface area contributed by atoms with E-state index in [2.05, 4.69) is 5.32 Å². The second-order valence-corrected chi connectivity index (χ2v) is 3.26. The molecule has 0 heterocycles. The third-order valence-electron chi connectivity index (χ3n) is 0.771. The fourth-order valence-electron chi connectivity index (χ4n) is 0.482. The van der Waals surface area contributed by atoms with Crippen molar-refractivity contribution in [3.05, 3.63) is 0 Å². The van der Waals surface area contributed by atoms with Gasteiger partial charge in [-0.25, -0.2) is 4.79 Å². The Balaban J connectivity index is 4.11. The molecule has 1 amide bonds. The lowest BCUT2D eigenvalue weighted by molar-refractivity contribution is -0.130. The average Bonchev–Trinajstić information content (AvgIpc) is 1.79. The number of carboxylic acids is 1. The molecule has 0 aromatic rings. The first-order valence-electron chi connectivity index (χ1n) is 3.38. The van der Waals surface area contributed by atoms with Gasteiger partial charge in [0.25, 0.3) is 5.91 Å². The fraction of sp³-hybridized carbons (Fsp3) is 0.500. The summed E-state index contributed by atoms with van der Waals surface area (Å²) in [6.07, 6.45) is 0. The molecule has 0 spiro atoms. The van der Waals surface area contributed by atoms with Gasteiger partial charge in [0.1, 0.15) is 0 Å². The number of carbonyl (C=O) groups is 2. The maximum atomic E-state index is 10.8. The van der Waals surface area contributed by atoms with Crippen LogP contribution in [0.4, 0.5) is 0 Å². The van der Waals surface area contributed by atoms with Crippen LogP contribution in [0.3, 0.4) is 0 Å². The Morgan fingerprint density at radius 2 is 1.75 bits per heavy atom. The molecule has 0 unspecified atom stereocenters. The Bertz CT molecular complexity index is 252. The van der Waals surface area contributed by atoms with Gasteiger partial charge in [0.15, 0.2) is 0 Å². The van der Waals surface area contributed by atoms with E-state index in [1.165, 1.54) is 0 Å². The van der Waals surface area contributed by atoms with E-state index in [9.17, 15) is 9.59 Å². The number of nitrogens with one attached hydrogen (secondary N) is 1. The van der Waals surface area contributed by atoms with Crippen LogP contribution in [0, 0.1) is 11.8 Å². The predicted octanol–water partition coefficient (Wildman–Crippen LogP) is -0.0109. The lowest BCUT2D eigenvalue weighted by Gasteiger charge is -2.17. The zero-order valence-corrected chi connectivity index (χ0v) is 7.26. The van der Waals surface area contributed by atoms with Gasteiger partial charge in [-0.3, -0.25) is 4.79 Å². The van der Waals surface area contributed by atoms with Crippen molar-refractivity contribution < 1.29 is 14.7 Å². The Morgan fingerprint density at radius 3 is 2.08 bits per heavy atom. The highest BCUT2D eigenvalue weighted by molar-refractivity contribution is 6.00. The van der Waals surface area contributed by atoms with E-state index < -0.39 is 11.9 Å². The van der Waals surface area contributed by atoms with Gasteiger partial charge in [-0.2, -0.15) is 0 Å². The summed E-state index contributed by atoms with van der Waals surface area (Å²) in [4.78, 5) is 20.7. The average molecular weight is 169 g/mol. The van der Waals surface area contributed by atoms with Crippen LogP contribution in [0.1, 0.15) is 20.8 Å². The molecule has 0 aromatic carbocycles. The van der Waals surface area contributed by atoms with Gasteiger partial charge in [-0.1, -0.05) is 0 Å². The van der Waals surface area contributed by atoms with Crippen molar-refractivity contribution in [1.29, 1.82) is 0 Å². The molecule has 0 radical (unpaired) electrons. The molecule has 0 aliphatic heterocycles. The molecule has 66 valence electrons. The summed E-state index contributed by atoms with van der Waals surface area (Å²) in [7, 11) is 0. The molecule has 0 aliphatic rings. The van der Waals surface area contributed by atoms with Crippen LogP contribution in [-0.4, -0.2) is 22.5 Å². The maximum Gasteiger partial charge on any atom is 0.382 e. The first kappa shape index (κ1) is 10.5. The zero-order chi connectivity index (χ0) is 9.78. The Labute approximate surface area is 71.0 Å². The van der Waals surface area contributed by atoms with Crippen molar-refractivity contribution in [2.24, 2.45) is 0 Å². The molecule has 0 bridgehead atoms. The quantitative estimate of drug-likeness (QED) is 0.501. The molecule has 0 rings (SSSR count). The summed E-state index contributed by atoms with van der Waals surface area (Å²) in [5, 5.41) is 10.6. The first-order valence-corrected chi connectivity index (χ1v) is 3.38. The summed E-state index contributed by atoms with van der Waals surface area (Å²) in [5.74, 6) is 1.78. The van der Waals surface area contributed by atoms with Crippen LogP contribution in [0.2, 0.25) is 0 Å². The number of aliphatic carboxylic acids is 1. The van der Waals surface area contributed by atoms with E-state index >= 15 is 0 Å². The maximum absolute atomic E-state index is 10.8. The largest absolute Gasteiger partial charge is 0.472 e. The van der Waals surface area contributed by atoms with Crippen LogP contribution >= 0.6 is 0 Å². The van der Waals surface area contributed by atoms with Crippen LogP contribution in [0.5, 0.6) is 0 Å². The van der Waals surface area contributed by atoms with Gasteiger partial charge >= 0.3 is 5.97 Å². The van der Waals surface area contributed by atoms with Crippen molar-refractivity contribution in [2.75, 3.05) is 0 Å². The number of amides is 1. The molecule has 2 N–H and O–H groups in total. The topological polar surface area (TPSA) is 66.4 Å². The van der Waals surface area contributed by atoms with Gasteiger partial charge in [0.05, 0.1) is 0 Å². The molecule has 0 aliphatic carbocycles. The second-order valence-electron chi connectivity index (χ2n) is 3.26. The Morgan fingerprint density at radius 1 is 1.25 bits per heavy atom. The van der Waals surface area contributed by atoms with E-state index in [-0.39, 0.29) is 5.54 Å². The lowest BCUT2D eigenvalue weighted by atomic mass is 10.1. The van der Waals surface area contributed by atoms with Crippen LogP contribution in [-0.2, 0) is 9.59 Å². The Kier molecular flexibility index (Phi) is 3.30. The van der Waals surface area contributed by atoms with Gasteiger partial charge in [-0.15, -0.1) is 0 Å². The van der Waals surface area contributed by atoms with Gasteiger partial charge < -0.3 is 10.4 Å². The normalized spacial score (nSPS) is 9.58. The van der Waals surface area contributed by atoms with Crippen molar-refractivity contribution in [3.63, 3.8) is 0 Å². The predicted molar refractivity (Wildman–Crippen MR) is 43.3 cm³/mol. The van der Waals surface area contributed by atoms with Gasteiger partial charge in [-0.05, 0) is 20.8 Å². The molecule has 0 saturated carbocycles. The van der Waals surface area contributed by atoms with E-state index in [1.54, 1.807) is 26.7 Å². The highest BCUT2D eigenvalue weighted by atomic mass is 16.4. The molecule has 0 aromatic heterocycles. The molecule has 12 heavy (non-hydrogen) atoms.